The molecule has 0 unspecified atom stereocenters. The Labute approximate surface area is 68.1 Å². The van der Waals surface area contributed by atoms with Crippen molar-refractivity contribution in [3.05, 3.63) is 12.2 Å². The molecule has 1 aliphatic heterocycles. The summed E-state index contributed by atoms with van der Waals surface area (Å²) < 4.78 is 0. The summed E-state index contributed by atoms with van der Waals surface area (Å²) in [6.45, 7) is 3.31. The first-order chi connectivity index (χ1) is 5.40. The van der Waals surface area contributed by atoms with Crippen molar-refractivity contribution >= 4 is 0 Å². The zero-order valence-corrected chi connectivity index (χ0v) is 6.87. The van der Waals surface area contributed by atoms with E-state index in [1.54, 1.807) is 0 Å². The molecule has 1 aliphatic carbocycles. The third-order valence-electron chi connectivity index (χ3n) is 2.74. The van der Waals surface area contributed by atoms with E-state index < -0.39 is 0 Å². The molecule has 1 fully saturated rings. The topological polar surface area (TPSA) is 29.3 Å². The maximum absolute atomic E-state index is 5.46. The van der Waals surface area contributed by atoms with Crippen LogP contribution in [0.15, 0.2) is 12.2 Å². The lowest BCUT2D eigenvalue weighted by atomic mass is 10.2. The van der Waals surface area contributed by atoms with Crippen LogP contribution in [0.25, 0.3) is 0 Å². The smallest absolute Gasteiger partial charge is 0.0284 e. The largest absolute Gasteiger partial charge is 0.330 e. The number of nitrogens with zero attached hydrogens (tertiary/aromatic N) is 1. The lowest BCUT2D eigenvalue weighted by molar-refractivity contribution is 0.278. The first-order valence-electron chi connectivity index (χ1n) is 4.52. The van der Waals surface area contributed by atoms with Gasteiger partial charge in [-0.05, 0) is 31.8 Å². The van der Waals surface area contributed by atoms with Crippen molar-refractivity contribution < 1.29 is 0 Å². The highest BCUT2D eigenvalue weighted by Gasteiger charge is 2.32. The van der Waals surface area contributed by atoms with Crippen molar-refractivity contribution in [2.45, 2.75) is 18.9 Å². The molecule has 0 aromatic heterocycles. The second-order valence-electron chi connectivity index (χ2n) is 3.59. The van der Waals surface area contributed by atoms with E-state index in [0.29, 0.717) is 0 Å². The fraction of sp³-hybridized carbons (Fsp3) is 0.778. The van der Waals surface area contributed by atoms with Crippen LogP contribution in [-0.4, -0.2) is 30.6 Å². The lowest BCUT2D eigenvalue weighted by Gasteiger charge is -2.22. The average molecular weight is 152 g/mol. The Balaban J connectivity index is 1.84. The van der Waals surface area contributed by atoms with Gasteiger partial charge in [0.25, 0.3) is 0 Å². The predicted octanol–water partition coefficient (Wildman–Crippen LogP) is 0.595. The van der Waals surface area contributed by atoms with Gasteiger partial charge in [-0.3, -0.25) is 4.90 Å². The summed E-state index contributed by atoms with van der Waals surface area (Å²) in [6, 6.07) is 0.756. The lowest BCUT2D eigenvalue weighted by Crippen LogP contribution is -2.31. The molecule has 1 saturated heterocycles. The molecular formula is C9H16N2. The maximum atomic E-state index is 5.46. The molecule has 2 N–H and O–H groups in total. The molecule has 2 heteroatoms. The van der Waals surface area contributed by atoms with Crippen molar-refractivity contribution in [3.8, 4) is 0 Å². The Morgan fingerprint density at radius 1 is 1.45 bits per heavy atom. The molecule has 2 nitrogen and oxygen atoms in total. The summed E-state index contributed by atoms with van der Waals surface area (Å²) in [6.07, 6.45) is 7.23. The van der Waals surface area contributed by atoms with Gasteiger partial charge in [-0.1, -0.05) is 12.2 Å². The van der Waals surface area contributed by atoms with Gasteiger partial charge in [0.2, 0.25) is 0 Å². The number of nitrogens with two attached hydrogens (primary N) is 1. The molecular weight excluding hydrogens is 136 g/mol. The molecule has 11 heavy (non-hydrogen) atoms. The molecule has 0 aromatic rings. The second-order valence-corrected chi connectivity index (χ2v) is 3.59. The predicted molar refractivity (Wildman–Crippen MR) is 46.3 cm³/mol. The van der Waals surface area contributed by atoms with Crippen LogP contribution in [0.1, 0.15) is 12.8 Å². The molecule has 0 spiro atoms. The van der Waals surface area contributed by atoms with Crippen LogP contribution in [0.4, 0.5) is 0 Å². The molecule has 1 heterocycles. The normalized spacial score (nSPS) is 35.4. The van der Waals surface area contributed by atoms with E-state index in [9.17, 15) is 0 Å². The fourth-order valence-corrected chi connectivity index (χ4v) is 2.15. The van der Waals surface area contributed by atoms with E-state index in [2.05, 4.69) is 17.1 Å². The zero-order valence-electron chi connectivity index (χ0n) is 6.87. The van der Waals surface area contributed by atoms with Gasteiger partial charge in [-0.15, -0.1) is 0 Å². The second kappa shape index (κ2) is 2.95. The van der Waals surface area contributed by atoms with Crippen LogP contribution in [-0.2, 0) is 0 Å². The molecule has 2 atom stereocenters. The van der Waals surface area contributed by atoms with Crippen molar-refractivity contribution in [2.24, 2.45) is 11.7 Å². The summed E-state index contributed by atoms with van der Waals surface area (Å²) in [7, 11) is 0. The number of rotatable bonds is 3. The summed E-state index contributed by atoms with van der Waals surface area (Å²) >= 11 is 0. The van der Waals surface area contributed by atoms with Crippen LogP contribution in [0, 0.1) is 5.92 Å². The van der Waals surface area contributed by atoms with E-state index in [1.807, 2.05) is 0 Å². The van der Waals surface area contributed by atoms with Gasteiger partial charge in [-0.25, -0.2) is 0 Å². The minimum atomic E-state index is 0.756. The Kier molecular flexibility index (Phi) is 1.96. The monoisotopic (exact) mass is 152 g/mol. The van der Waals surface area contributed by atoms with Crippen molar-refractivity contribution in [1.82, 2.24) is 4.90 Å². The molecule has 0 saturated carbocycles. The maximum Gasteiger partial charge on any atom is 0.0284 e. The van der Waals surface area contributed by atoms with Gasteiger partial charge in [-0.2, -0.15) is 0 Å². The molecule has 62 valence electrons. The Morgan fingerprint density at radius 2 is 2.36 bits per heavy atom. The highest BCUT2D eigenvalue weighted by molar-refractivity contribution is 5.12. The van der Waals surface area contributed by atoms with Crippen molar-refractivity contribution in [1.29, 1.82) is 0 Å². The highest BCUT2D eigenvalue weighted by Crippen LogP contribution is 2.30. The molecule has 0 radical (unpaired) electrons. The fourth-order valence-electron chi connectivity index (χ4n) is 2.15. The quantitative estimate of drug-likeness (QED) is 0.600. The van der Waals surface area contributed by atoms with E-state index >= 15 is 0 Å². The summed E-state index contributed by atoms with van der Waals surface area (Å²) in [5, 5.41) is 0. The van der Waals surface area contributed by atoms with Crippen molar-refractivity contribution in [3.63, 3.8) is 0 Å². The Morgan fingerprint density at radius 3 is 2.91 bits per heavy atom. The van der Waals surface area contributed by atoms with Gasteiger partial charge in [0.05, 0.1) is 0 Å². The standard InChI is InChI=1S/C9H16N2/c10-4-1-5-11-7-8-2-3-9(11)6-8/h2-3,8-9H,1,4-7,10H2/t8-,9-/m0/s1. The van der Waals surface area contributed by atoms with E-state index in [4.69, 9.17) is 5.73 Å². The van der Waals surface area contributed by atoms with Crippen LogP contribution >= 0.6 is 0 Å². The van der Waals surface area contributed by atoms with Crippen molar-refractivity contribution in [2.75, 3.05) is 19.6 Å². The van der Waals surface area contributed by atoms with E-state index in [0.717, 1.165) is 24.9 Å². The van der Waals surface area contributed by atoms with Crippen LogP contribution in [0.3, 0.4) is 0 Å². The number of hydrogen-bond acceptors (Lipinski definition) is 2. The van der Waals surface area contributed by atoms with E-state index in [1.165, 1.54) is 19.5 Å². The third-order valence-corrected chi connectivity index (χ3v) is 2.74. The van der Waals surface area contributed by atoms with Gasteiger partial charge < -0.3 is 5.73 Å². The molecule has 2 aliphatic rings. The first-order valence-corrected chi connectivity index (χ1v) is 4.52. The minimum absolute atomic E-state index is 0.756. The van der Waals surface area contributed by atoms with Gasteiger partial charge in [0.1, 0.15) is 0 Å². The summed E-state index contributed by atoms with van der Waals surface area (Å²) in [4.78, 5) is 2.55. The SMILES string of the molecule is NCCCN1C[C@H]2C=C[C@H]1C2. The van der Waals surface area contributed by atoms with Gasteiger partial charge in [0, 0.05) is 12.6 Å². The summed E-state index contributed by atoms with van der Waals surface area (Å²) in [5.41, 5.74) is 5.46. The van der Waals surface area contributed by atoms with Crippen LogP contribution in [0.2, 0.25) is 0 Å². The molecule has 2 bridgehead atoms. The first kappa shape index (κ1) is 7.32. The van der Waals surface area contributed by atoms with Crippen LogP contribution in [0.5, 0.6) is 0 Å². The molecule has 0 aromatic carbocycles. The van der Waals surface area contributed by atoms with Gasteiger partial charge >= 0.3 is 0 Å². The van der Waals surface area contributed by atoms with Crippen LogP contribution < -0.4 is 5.73 Å². The number of hydrogen-bond donors (Lipinski definition) is 1. The third kappa shape index (κ3) is 1.33. The Bertz CT molecular complexity index is 165. The molecule has 2 rings (SSSR count). The number of fused-ring (bicyclic) bond motifs is 2. The van der Waals surface area contributed by atoms with E-state index in [-0.39, 0.29) is 0 Å². The Hall–Kier alpha value is -0.340. The van der Waals surface area contributed by atoms with Gasteiger partial charge in [0.15, 0.2) is 0 Å². The highest BCUT2D eigenvalue weighted by atomic mass is 15.2. The number of likely N-dealkylation sites (tertiary alicyclic amines) is 1. The summed E-state index contributed by atoms with van der Waals surface area (Å²) in [5.74, 6) is 0.859. The average Bonchev–Trinajstić information content (AvgIpc) is 2.60. The molecule has 0 amide bonds. The zero-order chi connectivity index (χ0) is 7.68. The minimum Gasteiger partial charge on any atom is -0.330 e.